The molecule has 0 amide bonds. The molecule has 0 aliphatic carbocycles. The van der Waals surface area contributed by atoms with E-state index in [2.05, 4.69) is 70.0 Å². The average molecular weight is 505 g/mol. The molecule has 0 aromatic carbocycles. The van der Waals surface area contributed by atoms with Gasteiger partial charge < -0.3 is 15.0 Å². The van der Waals surface area contributed by atoms with Crippen LogP contribution in [-0.2, 0) is 4.74 Å². The Hall–Kier alpha value is -1.76. The molecule has 0 bridgehead atoms. The molecule has 1 N–H and O–H groups in total. The summed E-state index contributed by atoms with van der Waals surface area (Å²) in [7, 11) is 0.463. The topological polar surface area (TPSA) is 41.8 Å². The van der Waals surface area contributed by atoms with Crippen LogP contribution in [0.5, 0.6) is 0 Å². The van der Waals surface area contributed by atoms with Crippen LogP contribution in [0.3, 0.4) is 0 Å². The molecule has 0 unspecified atom stereocenters. The number of nitrogens with zero attached hydrogens (tertiary/aromatic N) is 3. The molecule has 0 radical (unpaired) electrons. The molecule has 146 valence electrons. The molecule has 2 aromatic rings. The third-order valence-corrected chi connectivity index (χ3v) is 7.48. The fourth-order valence-corrected chi connectivity index (χ4v) is 3.59. The zero-order chi connectivity index (χ0) is 20.0. The van der Waals surface area contributed by atoms with Gasteiger partial charge in [0.25, 0.3) is 0 Å². The molecule has 0 spiro atoms. The Bertz CT molecular complexity index is 939. The van der Waals surface area contributed by atoms with Crippen molar-refractivity contribution in [2.75, 3.05) is 19.8 Å². The maximum atomic E-state index is 5.87. The lowest BCUT2D eigenvalue weighted by molar-refractivity contribution is 0.115. The summed E-state index contributed by atoms with van der Waals surface area (Å²) >= 11 is 2.27. The zero-order valence-corrected chi connectivity index (χ0v) is 19.9. The summed E-state index contributed by atoms with van der Waals surface area (Å²) < 4.78 is 9.00. The van der Waals surface area contributed by atoms with Crippen LogP contribution in [0.25, 0.3) is 5.65 Å². The second-order valence-electron chi connectivity index (χ2n) is 7.32. The van der Waals surface area contributed by atoms with E-state index in [1.807, 2.05) is 47.5 Å². The van der Waals surface area contributed by atoms with E-state index in [4.69, 9.17) is 4.74 Å². The molecule has 2 aromatic heterocycles. The molecule has 5 nitrogen and oxygen atoms in total. The molecule has 1 aliphatic heterocycles. The summed E-state index contributed by atoms with van der Waals surface area (Å²) in [6.07, 6.45) is 10.8. The fourth-order valence-electron chi connectivity index (χ4n) is 2.63. The zero-order valence-electron chi connectivity index (χ0n) is 16.6. The van der Waals surface area contributed by atoms with Crippen molar-refractivity contribution in [2.45, 2.75) is 31.9 Å². The van der Waals surface area contributed by atoms with Gasteiger partial charge in [-0.1, -0.05) is 5.92 Å². The number of nitrogens with one attached hydrogen (secondary N) is 1. The quantitative estimate of drug-likeness (QED) is 0.270. The number of rotatable bonds is 7. The first-order chi connectivity index (χ1) is 13.5. The Morgan fingerprint density at radius 3 is 3.00 bits per heavy atom. The Morgan fingerprint density at radius 2 is 2.18 bits per heavy atom. The van der Waals surface area contributed by atoms with E-state index in [9.17, 15) is 0 Å². The second-order valence-corrected chi connectivity index (χ2v) is 10.6. The third kappa shape index (κ3) is 5.62. The highest BCUT2D eigenvalue weighted by molar-refractivity contribution is 14.1. The SMILES string of the molecule is C[SiH+]C(C)(C)CCOCCN1C=CNC=C1C#Cc1ccn2c(I)cnc2c1. The number of fused-ring (bicyclic) bond motifs is 1. The number of hydrogen-bond donors (Lipinski definition) is 1. The number of aromatic nitrogens is 2. The summed E-state index contributed by atoms with van der Waals surface area (Å²) in [6, 6.07) is 4.02. The third-order valence-electron chi connectivity index (χ3n) is 4.83. The highest BCUT2D eigenvalue weighted by atomic mass is 127. The molecule has 0 atom stereocenters. The van der Waals surface area contributed by atoms with Gasteiger partial charge in [0.15, 0.2) is 0 Å². The van der Waals surface area contributed by atoms with Gasteiger partial charge in [-0.05, 0) is 54.5 Å². The predicted octanol–water partition coefficient (Wildman–Crippen LogP) is 3.60. The molecule has 0 saturated carbocycles. The van der Waals surface area contributed by atoms with Crippen LogP contribution in [0.15, 0.2) is 48.8 Å². The standard InChI is InChI=1S/C21H26IN4OSi/c1-21(2,28-3)7-12-27-13-11-25-10-8-23-15-18(25)5-4-17-6-9-26-19(22)16-24-20(26)14-17/h6,8-10,14-16,23,28H,7,11-13H2,1-3H3/q+1. The van der Waals surface area contributed by atoms with Gasteiger partial charge in [0.2, 0.25) is 0 Å². The highest BCUT2D eigenvalue weighted by Crippen LogP contribution is 2.26. The second kappa shape index (κ2) is 9.63. The lowest BCUT2D eigenvalue weighted by Crippen LogP contribution is -2.26. The minimum atomic E-state index is 0.430. The first-order valence-corrected chi connectivity index (χ1v) is 12.2. The van der Waals surface area contributed by atoms with Crippen LogP contribution in [0.1, 0.15) is 25.8 Å². The Balaban J connectivity index is 1.57. The summed E-state index contributed by atoms with van der Waals surface area (Å²) in [5, 5.41) is 3.55. The van der Waals surface area contributed by atoms with Crippen molar-refractivity contribution >= 4 is 37.8 Å². The summed E-state index contributed by atoms with van der Waals surface area (Å²) in [4.78, 5) is 6.52. The predicted molar refractivity (Wildman–Crippen MR) is 124 cm³/mol. The van der Waals surface area contributed by atoms with Crippen LogP contribution >= 0.6 is 22.6 Å². The number of ether oxygens (including phenoxy) is 1. The van der Waals surface area contributed by atoms with Crippen molar-refractivity contribution in [1.29, 1.82) is 0 Å². The molecule has 3 rings (SSSR count). The molecular weight excluding hydrogens is 479 g/mol. The van der Waals surface area contributed by atoms with E-state index in [1.165, 1.54) is 0 Å². The van der Waals surface area contributed by atoms with Gasteiger partial charge in [0.05, 0.1) is 24.4 Å². The van der Waals surface area contributed by atoms with Crippen LogP contribution in [-0.4, -0.2) is 43.6 Å². The minimum Gasteiger partial charge on any atom is -0.379 e. The maximum Gasteiger partial charge on any atom is 0.301 e. The van der Waals surface area contributed by atoms with Gasteiger partial charge in [-0.2, -0.15) is 0 Å². The molecular formula is C21H26IN4OSi+. The van der Waals surface area contributed by atoms with Crippen molar-refractivity contribution in [3.8, 4) is 11.8 Å². The number of allylic oxidation sites excluding steroid dienone is 1. The Morgan fingerprint density at radius 1 is 1.32 bits per heavy atom. The van der Waals surface area contributed by atoms with Crippen molar-refractivity contribution in [1.82, 2.24) is 19.6 Å². The van der Waals surface area contributed by atoms with E-state index in [1.54, 1.807) is 0 Å². The average Bonchev–Trinajstić information content (AvgIpc) is 3.07. The Labute approximate surface area is 183 Å². The molecule has 1 aliphatic rings. The molecule has 0 saturated heterocycles. The largest absolute Gasteiger partial charge is 0.379 e. The van der Waals surface area contributed by atoms with E-state index in [0.29, 0.717) is 21.2 Å². The summed E-state index contributed by atoms with van der Waals surface area (Å²) in [5.41, 5.74) is 2.79. The normalized spacial score (nSPS) is 13.7. The van der Waals surface area contributed by atoms with Gasteiger partial charge in [-0.15, -0.1) is 0 Å². The molecule has 0 fully saturated rings. The lowest BCUT2D eigenvalue weighted by atomic mass is 10.1. The Kier molecular flexibility index (Phi) is 7.21. The van der Waals surface area contributed by atoms with Crippen molar-refractivity contribution in [2.24, 2.45) is 0 Å². The van der Waals surface area contributed by atoms with E-state index < -0.39 is 0 Å². The van der Waals surface area contributed by atoms with Gasteiger partial charge in [0.1, 0.15) is 15.0 Å². The number of hydrogen-bond acceptors (Lipinski definition) is 4. The molecule has 28 heavy (non-hydrogen) atoms. The smallest absolute Gasteiger partial charge is 0.301 e. The minimum absolute atomic E-state index is 0.430. The maximum absolute atomic E-state index is 5.87. The highest BCUT2D eigenvalue weighted by Gasteiger charge is 2.25. The van der Waals surface area contributed by atoms with Crippen molar-refractivity contribution in [3.63, 3.8) is 0 Å². The van der Waals surface area contributed by atoms with Crippen LogP contribution in [0, 0.1) is 15.5 Å². The number of imidazole rings is 1. The van der Waals surface area contributed by atoms with Crippen LogP contribution in [0.2, 0.25) is 11.6 Å². The first kappa shape index (κ1) is 21.0. The van der Waals surface area contributed by atoms with Gasteiger partial charge in [0, 0.05) is 49.9 Å². The van der Waals surface area contributed by atoms with Crippen LogP contribution < -0.4 is 5.32 Å². The van der Waals surface area contributed by atoms with Gasteiger partial charge in [-0.3, -0.25) is 4.40 Å². The molecule has 7 heteroatoms. The fraction of sp³-hybridized carbons (Fsp3) is 0.381. The van der Waals surface area contributed by atoms with E-state index in [-0.39, 0.29) is 0 Å². The number of halogens is 1. The summed E-state index contributed by atoms with van der Waals surface area (Å²) in [5.74, 6) is 6.51. The van der Waals surface area contributed by atoms with E-state index >= 15 is 0 Å². The van der Waals surface area contributed by atoms with Crippen molar-refractivity contribution < 1.29 is 4.74 Å². The first-order valence-electron chi connectivity index (χ1n) is 9.41. The monoisotopic (exact) mass is 505 g/mol. The van der Waals surface area contributed by atoms with Crippen molar-refractivity contribution in [3.05, 3.63) is 58.1 Å². The van der Waals surface area contributed by atoms with Crippen LogP contribution in [0.4, 0.5) is 0 Å². The summed E-state index contributed by atoms with van der Waals surface area (Å²) in [6.45, 7) is 9.25. The number of pyridine rings is 1. The molecule has 3 heterocycles. The van der Waals surface area contributed by atoms with Gasteiger partial charge >= 0.3 is 9.52 Å². The van der Waals surface area contributed by atoms with E-state index in [0.717, 1.165) is 40.2 Å². The lowest BCUT2D eigenvalue weighted by Gasteiger charge is -2.23. The van der Waals surface area contributed by atoms with Gasteiger partial charge in [-0.25, -0.2) is 4.98 Å².